The Morgan fingerprint density at radius 3 is 2.61 bits per heavy atom. The first kappa shape index (κ1) is 25.8. The van der Waals surface area contributed by atoms with Gasteiger partial charge in [-0.25, -0.2) is 9.37 Å². The van der Waals surface area contributed by atoms with Gasteiger partial charge in [-0.2, -0.15) is 0 Å². The number of likely N-dealkylation sites (N-methyl/N-ethyl adjacent to an activating group) is 1. The number of carbonyl (C=O) groups excluding carboxylic acids is 1. The second-order valence-electron chi connectivity index (χ2n) is 9.85. The third-order valence-electron chi connectivity index (χ3n) is 6.80. The van der Waals surface area contributed by atoms with Crippen LogP contribution in [0, 0.1) is 18.7 Å². The van der Waals surface area contributed by atoms with E-state index in [9.17, 15) is 14.3 Å². The van der Waals surface area contributed by atoms with Gasteiger partial charge in [0.15, 0.2) is 0 Å². The molecule has 0 unspecified atom stereocenters. The first-order valence-corrected chi connectivity index (χ1v) is 12.3. The van der Waals surface area contributed by atoms with Crippen LogP contribution >= 0.6 is 0 Å². The fourth-order valence-electron chi connectivity index (χ4n) is 4.51. The summed E-state index contributed by atoms with van der Waals surface area (Å²) in [5.74, 6) is -0.210. The van der Waals surface area contributed by atoms with Gasteiger partial charge in [-0.15, -0.1) is 0 Å². The summed E-state index contributed by atoms with van der Waals surface area (Å²) in [6, 6.07) is 16.3. The summed E-state index contributed by atoms with van der Waals surface area (Å²) in [7, 11) is 1.93. The van der Waals surface area contributed by atoms with Crippen LogP contribution in [0.5, 0.6) is 5.88 Å². The summed E-state index contributed by atoms with van der Waals surface area (Å²) in [6.45, 7) is 7.12. The van der Waals surface area contributed by atoms with Crippen molar-refractivity contribution in [3.8, 4) is 17.0 Å². The summed E-state index contributed by atoms with van der Waals surface area (Å²) < 4.78 is 20.6. The molecule has 1 N–H and O–H groups in total. The molecular weight excluding hydrogens is 457 g/mol. The summed E-state index contributed by atoms with van der Waals surface area (Å²) in [5.41, 5.74) is 3.93. The van der Waals surface area contributed by atoms with Gasteiger partial charge in [0.2, 0.25) is 5.88 Å². The minimum Gasteiger partial charge on any atom is -0.472 e. The number of rotatable bonds is 7. The maximum absolute atomic E-state index is 14.2. The standard InChI is InChI=1S/C29H34FN3O3/c1-19-9-11-22(12-10-19)24-13-25-28(31-14-24)36-27(20(2)15-33(29(25)35)21(3)18-34)17-32(4)16-23-7-5-6-8-26(23)30/h5-14,20-21,27,34H,15-18H2,1-4H3/t20-,21-,27-/m0/s1. The smallest absolute Gasteiger partial charge is 0.259 e. The quantitative estimate of drug-likeness (QED) is 0.525. The van der Waals surface area contributed by atoms with E-state index in [0.29, 0.717) is 30.8 Å². The number of hydrogen-bond donors (Lipinski definition) is 1. The van der Waals surface area contributed by atoms with Gasteiger partial charge in [0.1, 0.15) is 17.5 Å². The lowest BCUT2D eigenvalue weighted by atomic mass is 9.99. The number of hydrogen-bond acceptors (Lipinski definition) is 5. The van der Waals surface area contributed by atoms with Gasteiger partial charge in [-0.05, 0) is 38.6 Å². The second-order valence-corrected chi connectivity index (χ2v) is 9.85. The molecule has 2 heterocycles. The highest BCUT2D eigenvalue weighted by molar-refractivity contribution is 5.98. The fraction of sp³-hybridized carbons (Fsp3) is 0.379. The van der Waals surface area contributed by atoms with Crippen molar-refractivity contribution in [3.05, 3.63) is 83.3 Å². The van der Waals surface area contributed by atoms with Crippen LogP contribution in [-0.4, -0.2) is 64.7 Å². The number of amides is 1. The van der Waals surface area contributed by atoms with Crippen molar-refractivity contribution in [2.45, 2.75) is 39.5 Å². The first-order chi connectivity index (χ1) is 17.3. The van der Waals surface area contributed by atoms with Crippen LogP contribution in [0.4, 0.5) is 4.39 Å². The highest BCUT2D eigenvalue weighted by Crippen LogP contribution is 2.30. The Balaban J connectivity index is 1.65. The molecule has 0 fully saturated rings. The molecule has 1 amide bonds. The van der Waals surface area contributed by atoms with Gasteiger partial charge >= 0.3 is 0 Å². The number of ether oxygens (including phenoxy) is 1. The number of aromatic nitrogens is 1. The number of aliphatic hydroxyl groups excluding tert-OH is 1. The van der Waals surface area contributed by atoms with Gasteiger partial charge in [-0.1, -0.05) is 55.0 Å². The molecule has 2 aromatic carbocycles. The zero-order chi connectivity index (χ0) is 25.8. The van der Waals surface area contributed by atoms with Crippen LogP contribution in [0.25, 0.3) is 11.1 Å². The Hall–Kier alpha value is -3.29. The Morgan fingerprint density at radius 2 is 1.92 bits per heavy atom. The van der Waals surface area contributed by atoms with Crippen LogP contribution in [0.2, 0.25) is 0 Å². The molecule has 1 aliphatic rings. The van der Waals surface area contributed by atoms with Crippen LogP contribution in [0.15, 0.2) is 60.8 Å². The van der Waals surface area contributed by atoms with Crippen LogP contribution in [0.3, 0.4) is 0 Å². The molecule has 0 radical (unpaired) electrons. The van der Waals surface area contributed by atoms with E-state index in [1.54, 1.807) is 23.2 Å². The molecule has 3 aromatic rings. The maximum Gasteiger partial charge on any atom is 0.259 e. The van der Waals surface area contributed by atoms with Gasteiger partial charge in [0.25, 0.3) is 5.91 Å². The zero-order valence-corrected chi connectivity index (χ0v) is 21.3. The normalized spacial score (nSPS) is 18.9. The van der Waals surface area contributed by atoms with E-state index in [1.807, 2.05) is 69.1 Å². The van der Waals surface area contributed by atoms with Gasteiger partial charge in [0, 0.05) is 42.9 Å². The Kier molecular flexibility index (Phi) is 8.01. The lowest BCUT2D eigenvalue weighted by Crippen LogP contribution is -2.49. The summed E-state index contributed by atoms with van der Waals surface area (Å²) >= 11 is 0. The van der Waals surface area contributed by atoms with Crippen LogP contribution in [-0.2, 0) is 6.54 Å². The number of fused-ring (bicyclic) bond motifs is 1. The van der Waals surface area contributed by atoms with Gasteiger partial charge in [-0.3, -0.25) is 9.69 Å². The lowest BCUT2D eigenvalue weighted by Gasteiger charge is -2.37. The molecule has 190 valence electrons. The van der Waals surface area contributed by atoms with E-state index in [4.69, 9.17) is 4.74 Å². The number of aryl methyl sites for hydroxylation is 1. The molecular formula is C29H34FN3O3. The number of aliphatic hydroxyl groups is 1. The molecule has 0 spiro atoms. The number of benzene rings is 2. The molecule has 6 nitrogen and oxygen atoms in total. The van der Waals surface area contributed by atoms with Crippen molar-refractivity contribution in [2.75, 3.05) is 26.7 Å². The minimum atomic E-state index is -0.356. The van der Waals surface area contributed by atoms with Gasteiger partial charge < -0.3 is 14.7 Å². The topological polar surface area (TPSA) is 65.9 Å². The largest absolute Gasteiger partial charge is 0.472 e. The Labute approximate surface area is 212 Å². The third kappa shape index (κ3) is 5.74. The van der Waals surface area contributed by atoms with E-state index in [1.165, 1.54) is 6.07 Å². The first-order valence-electron chi connectivity index (χ1n) is 12.3. The molecule has 0 saturated heterocycles. The highest BCUT2D eigenvalue weighted by atomic mass is 19.1. The van der Waals surface area contributed by atoms with E-state index < -0.39 is 0 Å². The fourth-order valence-corrected chi connectivity index (χ4v) is 4.51. The minimum absolute atomic E-state index is 0.0438. The van der Waals surface area contributed by atoms with Gasteiger partial charge in [0.05, 0.1) is 12.6 Å². The molecule has 0 aliphatic carbocycles. The van der Waals surface area contributed by atoms with Crippen molar-refractivity contribution >= 4 is 5.91 Å². The van der Waals surface area contributed by atoms with Crippen molar-refractivity contribution in [1.29, 1.82) is 0 Å². The number of halogens is 1. The van der Waals surface area contributed by atoms with Crippen LogP contribution in [0.1, 0.15) is 35.3 Å². The van der Waals surface area contributed by atoms with E-state index in [2.05, 4.69) is 4.98 Å². The summed E-state index contributed by atoms with van der Waals surface area (Å²) in [4.78, 5) is 21.9. The summed E-state index contributed by atoms with van der Waals surface area (Å²) in [5, 5.41) is 9.88. The molecule has 3 atom stereocenters. The molecule has 7 heteroatoms. The molecule has 1 aliphatic heterocycles. The highest BCUT2D eigenvalue weighted by Gasteiger charge is 2.34. The molecule has 36 heavy (non-hydrogen) atoms. The molecule has 0 saturated carbocycles. The Bertz CT molecular complexity index is 1200. The number of pyridine rings is 1. The predicted octanol–water partition coefficient (Wildman–Crippen LogP) is 4.55. The number of nitrogens with zero attached hydrogens (tertiary/aromatic N) is 3. The van der Waals surface area contributed by atoms with E-state index in [0.717, 1.165) is 16.7 Å². The van der Waals surface area contributed by atoms with Crippen molar-refractivity contribution in [1.82, 2.24) is 14.8 Å². The molecule has 0 bridgehead atoms. The monoisotopic (exact) mass is 491 g/mol. The van der Waals surface area contributed by atoms with Crippen molar-refractivity contribution in [2.24, 2.45) is 5.92 Å². The van der Waals surface area contributed by atoms with E-state index >= 15 is 0 Å². The average molecular weight is 492 g/mol. The Morgan fingerprint density at radius 1 is 1.19 bits per heavy atom. The second kappa shape index (κ2) is 11.2. The number of carbonyl (C=O) groups is 1. The zero-order valence-electron chi connectivity index (χ0n) is 21.3. The van der Waals surface area contributed by atoms with E-state index in [-0.39, 0.29) is 42.3 Å². The average Bonchev–Trinajstić information content (AvgIpc) is 2.87. The predicted molar refractivity (Wildman–Crippen MR) is 138 cm³/mol. The molecule has 1 aromatic heterocycles. The van der Waals surface area contributed by atoms with Crippen molar-refractivity contribution < 1.29 is 19.0 Å². The molecule has 4 rings (SSSR count). The van der Waals surface area contributed by atoms with Crippen molar-refractivity contribution in [3.63, 3.8) is 0 Å². The third-order valence-corrected chi connectivity index (χ3v) is 6.80. The summed E-state index contributed by atoms with van der Waals surface area (Å²) in [6.07, 6.45) is 1.43. The lowest BCUT2D eigenvalue weighted by molar-refractivity contribution is 0.0324. The SMILES string of the molecule is Cc1ccc(-c2cnc3c(c2)C(=O)N([C@@H](C)CO)C[C@H](C)[C@H](CN(C)Cc2ccccc2F)O3)cc1. The van der Waals surface area contributed by atoms with Crippen LogP contribution < -0.4 is 4.74 Å². The maximum atomic E-state index is 14.2.